The Morgan fingerprint density at radius 2 is 2.19 bits per heavy atom. The van der Waals surface area contributed by atoms with Crippen molar-refractivity contribution in [1.82, 2.24) is 4.90 Å². The largest absolute Gasteiger partial charge is 0.472 e. The molecule has 3 aromatic heterocycles. The van der Waals surface area contributed by atoms with Crippen LogP contribution in [0.3, 0.4) is 0 Å². The summed E-state index contributed by atoms with van der Waals surface area (Å²) >= 11 is 3.44. The lowest BCUT2D eigenvalue weighted by atomic mass is 9.99. The molecule has 4 rings (SSSR count). The van der Waals surface area contributed by atoms with Crippen molar-refractivity contribution in [2.45, 2.75) is 12.5 Å². The summed E-state index contributed by atoms with van der Waals surface area (Å²) in [5, 5.41) is 4.19. The first kappa shape index (κ1) is 12.9. The maximum Gasteiger partial charge on any atom is 0.257 e. The van der Waals surface area contributed by atoms with Gasteiger partial charge in [-0.25, -0.2) is 0 Å². The van der Waals surface area contributed by atoms with Gasteiger partial charge in [-0.1, -0.05) is 6.07 Å². The SMILES string of the molecule is O=C(c1ccoc1)N1CCc2ccsc2C1c1cccs1. The Morgan fingerprint density at radius 1 is 1.24 bits per heavy atom. The number of nitrogens with zero attached hydrogens (tertiary/aromatic N) is 1. The summed E-state index contributed by atoms with van der Waals surface area (Å²) in [6.07, 6.45) is 4.00. The minimum absolute atomic E-state index is 0.0381. The van der Waals surface area contributed by atoms with Crippen LogP contribution in [0, 0.1) is 0 Å². The highest BCUT2D eigenvalue weighted by Crippen LogP contribution is 2.40. The lowest BCUT2D eigenvalue weighted by Gasteiger charge is -2.35. The van der Waals surface area contributed by atoms with Crippen molar-refractivity contribution in [2.75, 3.05) is 6.54 Å². The summed E-state index contributed by atoms with van der Waals surface area (Å²) < 4.78 is 5.06. The van der Waals surface area contributed by atoms with Crippen LogP contribution in [-0.4, -0.2) is 17.4 Å². The molecule has 3 aromatic rings. The molecule has 0 aromatic carbocycles. The van der Waals surface area contributed by atoms with E-state index in [1.807, 2.05) is 11.0 Å². The molecule has 1 atom stereocenters. The van der Waals surface area contributed by atoms with E-state index in [2.05, 4.69) is 22.9 Å². The van der Waals surface area contributed by atoms with Crippen LogP contribution in [0.4, 0.5) is 0 Å². The number of hydrogen-bond donors (Lipinski definition) is 0. The van der Waals surface area contributed by atoms with Crippen molar-refractivity contribution >= 4 is 28.6 Å². The lowest BCUT2D eigenvalue weighted by Crippen LogP contribution is -2.39. The Kier molecular flexibility index (Phi) is 3.16. The molecule has 0 bridgehead atoms. The highest BCUT2D eigenvalue weighted by molar-refractivity contribution is 7.11. The lowest BCUT2D eigenvalue weighted by molar-refractivity contribution is 0.0700. The van der Waals surface area contributed by atoms with Gasteiger partial charge in [0.15, 0.2) is 0 Å². The molecular formula is C16H13NO2S2. The van der Waals surface area contributed by atoms with Gasteiger partial charge in [0.05, 0.1) is 11.8 Å². The predicted molar refractivity (Wildman–Crippen MR) is 83.9 cm³/mol. The molecule has 0 spiro atoms. The average molecular weight is 315 g/mol. The zero-order valence-corrected chi connectivity index (χ0v) is 12.8. The molecule has 1 aliphatic heterocycles. The Balaban J connectivity index is 1.78. The molecule has 4 heterocycles. The Morgan fingerprint density at radius 3 is 2.95 bits per heavy atom. The molecular weight excluding hydrogens is 302 g/mol. The Labute approximate surface area is 130 Å². The molecule has 3 nitrogen and oxygen atoms in total. The number of carbonyl (C=O) groups excluding carboxylic acids is 1. The zero-order valence-electron chi connectivity index (χ0n) is 11.2. The van der Waals surface area contributed by atoms with Crippen LogP contribution in [0.5, 0.6) is 0 Å². The van der Waals surface area contributed by atoms with E-state index in [0.717, 1.165) is 13.0 Å². The molecule has 0 saturated heterocycles. The zero-order chi connectivity index (χ0) is 14.2. The number of furan rings is 1. The summed E-state index contributed by atoms with van der Waals surface area (Å²) in [7, 11) is 0. The first-order valence-electron chi connectivity index (χ1n) is 6.77. The van der Waals surface area contributed by atoms with Crippen molar-refractivity contribution in [3.63, 3.8) is 0 Å². The van der Waals surface area contributed by atoms with E-state index in [9.17, 15) is 4.79 Å². The first-order chi connectivity index (χ1) is 10.3. The number of amides is 1. The number of rotatable bonds is 2. The van der Waals surface area contributed by atoms with Crippen LogP contribution < -0.4 is 0 Å². The normalized spacial score (nSPS) is 17.7. The molecule has 0 N–H and O–H groups in total. The molecule has 0 fully saturated rings. The minimum atomic E-state index is 0.0381. The monoisotopic (exact) mass is 315 g/mol. The number of carbonyl (C=O) groups is 1. The Bertz CT molecular complexity index is 743. The summed E-state index contributed by atoms with van der Waals surface area (Å²) in [5.41, 5.74) is 1.99. The van der Waals surface area contributed by atoms with Crippen LogP contribution in [0.25, 0.3) is 0 Å². The molecule has 1 unspecified atom stereocenters. The standard InChI is InChI=1S/C16H13NO2S2/c18-16(12-4-7-19-10-12)17-6-3-11-5-9-21-15(11)14(17)13-2-1-8-20-13/h1-2,4-5,7-10,14H,3,6H2. The van der Waals surface area contributed by atoms with Crippen LogP contribution in [0.1, 0.15) is 31.7 Å². The van der Waals surface area contributed by atoms with Gasteiger partial charge in [0.2, 0.25) is 0 Å². The molecule has 0 saturated carbocycles. The Hall–Kier alpha value is -1.85. The quantitative estimate of drug-likeness (QED) is 0.710. The fourth-order valence-electron chi connectivity index (χ4n) is 2.81. The summed E-state index contributed by atoms with van der Waals surface area (Å²) in [6.45, 7) is 0.746. The number of thiophene rings is 2. The van der Waals surface area contributed by atoms with Gasteiger partial charge in [-0.2, -0.15) is 0 Å². The third-order valence-electron chi connectivity index (χ3n) is 3.80. The average Bonchev–Trinajstić information content (AvgIpc) is 3.25. The molecule has 1 amide bonds. The second kappa shape index (κ2) is 5.16. The van der Waals surface area contributed by atoms with E-state index in [1.54, 1.807) is 35.0 Å². The summed E-state index contributed by atoms with van der Waals surface area (Å²) in [5.74, 6) is 0.0428. The predicted octanol–water partition coefficient (Wildman–Crippen LogP) is 4.19. The molecule has 1 aliphatic rings. The molecule has 5 heteroatoms. The van der Waals surface area contributed by atoms with Crippen molar-refractivity contribution in [1.29, 1.82) is 0 Å². The maximum absolute atomic E-state index is 12.8. The second-order valence-electron chi connectivity index (χ2n) is 4.99. The van der Waals surface area contributed by atoms with Crippen LogP contribution in [-0.2, 0) is 6.42 Å². The van der Waals surface area contributed by atoms with E-state index in [1.165, 1.54) is 21.6 Å². The molecule has 0 radical (unpaired) electrons. The van der Waals surface area contributed by atoms with Gasteiger partial charge in [0, 0.05) is 16.3 Å². The van der Waals surface area contributed by atoms with Gasteiger partial charge in [0.25, 0.3) is 5.91 Å². The summed E-state index contributed by atoms with van der Waals surface area (Å²) in [6, 6.07) is 8.11. The van der Waals surface area contributed by atoms with Crippen molar-refractivity contribution in [3.05, 3.63) is 68.4 Å². The second-order valence-corrected chi connectivity index (χ2v) is 6.92. The highest BCUT2D eigenvalue weighted by Gasteiger charge is 2.34. The van der Waals surface area contributed by atoms with Gasteiger partial charge in [-0.3, -0.25) is 4.79 Å². The summed E-state index contributed by atoms with van der Waals surface area (Å²) in [4.78, 5) is 17.3. The van der Waals surface area contributed by atoms with Crippen LogP contribution >= 0.6 is 22.7 Å². The molecule has 21 heavy (non-hydrogen) atoms. The van der Waals surface area contributed by atoms with Crippen LogP contribution in [0.15, 0.2) is 52.0 Å². The van der Waals surface area contributed by atoms with Gasteiger partial charge >= 0.3 is 0 Å². The van der Waals surface area contributed by atoms with E-state index < -0.39 is 0 Å². The van der Waals surface area contributed by atoms with Crippen molar-refractivity contribution < 1.29 is 9.21 Å². The van der Waals surface area contributed by atoms with Gasteiger partial charge in [-0.15, -0.1) is 22.7 Å². The van der Waals surface area contributed by atoms with Gasteiger partial charge in [-0.05, 0) is 40.9 Å². The highest BCUT2D eigenvalue weighted by atomic mass is 32.1. The number of fused-ring (bicyclic) bond motifs is 1. The van der Waals surface area contributed by atoms with Crippen molar-refractivity contribution in [2.24, 2.45) is 0 Å². The van der Waals surface area contributed by atoms with Crippen molar-refractivity contribution in [3.8, 4) is 0 Å². The fraction of sp³-hybridized carbons (Fsp3) is 0.188. The fourth-order valence-corrected chi connectivity index (χ4v) is 4.81. The molecule has 0 aliphatic carbocycles. The first-order valence-corrected chi connectivity index (χ1v) is 8.53. The third kappa shape index (κ3) is 2.13. The topological polar surface area (TPSA) is 33.5 Å². The van der Waals surface area contributed by atoms with E-state index in [4.69, 9.17) is 4.42 Å². The molecule has 106 valence electrons. The minimum Gasteiger partial charge on any atom is -0.472 e. The van der Waals surface area contributed by atoms with Gasteiger partial charge < -0.3 is 9.32 Å². The van der Waals surface area contributed by atoms with Gasteiger partial charge in [0.1, 0.15) is 12.3 Å². The van der Waals surface area contributed by atoms with E-state index in [-0.39, 0.29) is 11.9 Å². The maximum atomic E-state index is 12.8. The van der Waals surface area contributed by atoms with E-state index >= 15 is 0 Å². The third-order valence-corrected chi connectivity index (χ3v) is 5.74. The van der Waals surface area contributed by atoms with Crippen LogP contribution in [0.2, 0.25) is 0 Å². The van der Waals surface area contributed by atoms with E-state index in [0.29, 0.717) is 5.56 Å². The smallest absolute Gasteiger partial charge is 0.257 e. The number of hydrogen-bond acceptors (Lipinski definition) is 4.